The van der Waals surface area contributed by atoms with E-state index in [1.807, 2.05) is 6.92 Å². The molecule has 1 saturated heterocycles. The summed E-state index contributed by atoms with van der Waals surface area (Å²) >= 11 is 0. The molecule has 1 aliphatic heterocycles. The van der Waals surface area contributed by atoms with Crippen molar-refractivity contribution in [3.8, 4) is 0 Å². The van der Waals surface area contributed by atoms with Crippen molar-refractivity contribution in [1.82, 2.24) is 10.2 Å². The van der Waals surface area contributed by atoms with Crippen LogP contribution in [0.5, 0.6) is 0 Å². The van der Waals surface area contributed by atoms with Gasteiger partial charge < -0.3 is 4.74 Å². The van der Waals surface area contributed by atoms with E-state index in [-0.39, 0.29) is 36.8 Å². The summed E-state index contributed by atoms with van der Waals surface area (Å²) in [5, 5.41) is 2.29. The van der Waals surface area contributed by atoms with E-state index in [2.05, 4.69) is 5.32 Å². The Labute approximate surface area is 100 Å². The number of hydrogen-bond acceptors (Lipinski definition) is 5. The maximum atomic E-state index is 11.5. The first kappa shape index (κ1) is 13.6. The number of hydrogen-bond donors (Lipinski definition) is 1. The van der Waals surface area contributed by atoms with Crippen LogP contribution in [0.15, 0.2) is 0 Å². The third kappa shape index (κ3) is 3.81. The van der Waals surface area contributed by atoms with Crippen LogP contribution in [-0.4, -0.2) is 48.4 Å². The molecule has 1 rings (SSSR count). The van der Waals surface area contributed by atoms with Crippen LogP contribution in [0.2, 0.25) is 0 Å². The molecule has 2 amide bonds. The quantitative estimate of drug-likeness (QED) is 0.528. The zero-order chi connectivity index (χ0) is 12.8. The van der Waals surface area contributed by atoms with Crippen molar-refractivity contribution in [1.29, 1.82) is 0 Å². The second-order valence-corrected chi connectivity index (χ2v) is 3.86. The predicted molar refractivity (Wildman–Crippen MR) is 60.1 cm³/mol. The van der Waals surface area contributed by atoms with Crippen molar-refractivity contribution in [2.24, 2.45) is 0 Å². The average molecular weight is 242 g/mol. The van der Waals surface area contributed by atoms with Crippen molar-refractivity contribution in [2.75, 3.05) is 19.7 Å². The monoisotopic (exact) mass is 242 g/mol. The summed E-state index contributed by atoms with van der Waals surface area (Å²) in [4.78, 5) is 35.7. The third-order valence-corrected chi connectivity index (χ3v) is 2.65. The van der Waals surface area contributed by atoms with Gasteiger partial charge in [0, 0.05) is 6.54 Å². The summed E-state index contributed by atoms with van der Waals surface area (Å²) in [6.07, 6.45) is 0.812. The van der Waals surface area contributed by atoms with Crippen LogP contribution >= 0.6 is 0 Å². The summed E-state index contributed by atoms with van der Waals surface area (Å²) in [6.45, 7) is 4.48. The Morgan fingerprint density at radius 3 is 2.76 bits per heavy atom. The van der Waals surface area contributed by atoms with Gasteiger partial charge in [-0.3, -0.25) is 24.6 Å². The van der Waals surface area contributed by atoms with Gasteiger partial charge in [-0.25, -0.2) is 0 Å². The van der Waals surface area contributed by atoms with Gasteiger partial charge in [-0.15, -0.1) is 0 Å². The molecule has 0 aromatic rings. The van der Waals surface area contributed by atoms with E-state index in [9.17, 15) is 14.4 Å². The molecule has 1 unspecified atom stereocenters. The van der Waals surface area contributed by atoms with Gasteiger partial charge in [0.2, 0.25) is 11.8 Å². The molecule has 17 heavy (non-hydrogen) atoms. The second kappa shape index (κ2) is 6.34. The SMILES string of the molecule is CCOC(=O)CCN1CC(=O)NC(=O)C1CC. The van der Waals surface area contributed by atoms with Gasteiger partial charge in [0.25, 0.3) is 0 Å². The third-order valence-electron chi connectivity index (χ3n) is 2.65. The summed E-state index contributed by atoms with van der Waals surface area (Å²) in [7, 11) is 0. The number of imide groups is 1. The van der Waals surface area contributed by atoms with E-state index in [1.54, 1.807) is 11.8 Å². The summed E-state index contributed by atoms with van der Waals surface area (Å²) in [6, 6.07) is -0.331. The molecule has 1 fully saturated rings. The summed E-state index contributed by atoms with van der Waals surface area (Å²) < 4.78 is 4.80. The fraction of sp³-hybridized carbons (Fsp3) is 0.727. The number of rotatable bonds is 5. The molecule has 0 radical (unpaired) electrons. The van der Waals surface area contributed by atoms with Crippen molar-refractivity contribution in [3.05, 3.63) is 0 Å². The van der Waals surface area contributed by atoms with Crippen LogP contribution < -0.4 is 5.32 Å². The zero-order valence-corrected chi connectivity index (χ0v) is 10.2. The zero-order valence-electron chi connectivity index (χ0n) is 10.2. The van der Waals surface area contributed by atoms with Gasteiger partial charge >= 0.3 is 5.97 Å². The smallest absolute Gasteiger partial charge is 0.307 e. The Kier molecular flexibility index (Phi) is 5.09. The van der Waals surface area contributed by atoms with Crippen molar-refractivity contribution >= 4 is 17.8 Å². The van der Waals surface area contributed by atoms with Crippen molar-refractivity contribution in [3.63, 3.8) is 0 Å². The molecule has 0 bridgehead atoms. The van der Waals surface area contributed by atoms with Crippen molar-refractivity contribution in [2.45, 2.75) is 32.7 Å². The summed E-state index contributed by atoms with van der Waals surface area (Å²) in [5.41, 5.74) is 0. The van der Waals surface area contributed by atoms with E-state index in [0.717, 1.165) is 0 Å². The van der Waals surface area contributed by atoms with E-state index < -0.39 is 0 Å². The fourth-order valence-corrected chi connectivity index (χ4v) is 1.87. The highest BCUT2D eigenvalue weighted by atomic mass is 16.5. The number of carbonyl (C=O) groups is 3. The van der Waals surface area contributed by atoms with Gasteiger partial charge in [-0.2, -0.15) is 0 Å². The van der Waals surface area contributed by atoms with Gasteiger partial charge in [-0.1, -0.05) is 6.92 Å². The maximum Gasteiger partial charge on any atom is 0.307 e. The molecule has 6 heteroatoms. The number of carbonyl (C=O) groups excluding carboxylic acids is 3. The minimum absolute atomic E-state index is 0.156. The number of nitrogens with zero attached hydrogens (tertiary/aromatic N) is 1. The molecule has 96 valence electrons. The predicted octanol–water partition coefficient (Wildman–Crippen LogP) is -0.323. The van der Waals surface area contributed by atoms with E-state index in [0.29, 0.717) is 19.6 Å². The Morgan fingerprint density at radius 1 is 1.47 bits per heavy atom. The van der Waals surface area contributed by atoms with Gasteiger partial charge in [0.15, 0.2) is 0 Å². The molecule has 0 spiro atoms. The molecule has 1 aliphatic rings. The lowest BCUT2D eigenvalue weighted by molar-refractivity contribution is -0.146. The minimum Gasteiger partial charge on any atom is -0.466 e. The van der Waals surface area contributed by atoms with E-state index in [4.69, 9.17) is 4.74 Å². The number of ether oxygens (including phenoxy) is 1. The molecular weight excluding hydrogens is 224 g/mol. The molecule has 0 aromatic heterocycles. The Bertz CT molecular complexity index is 317. The highest BCUT2D eigenvalue weighted by Gasteiger charge is 2.32. The number of esters is 1. The van der Waals surface area contributed by atoms with Crippen molar-refractivity contribution < 1.29 is 19.1 Å². The maximum absolute atomic E-state index is 11.5. The standard InChI is InChI=1S/C11H18N2O4/c1-3-8-11(16)12-9(14)7-13(8)6-5-10(15)17-4-2/h8H,3-7H2,1-2H3,(H,12,14,16). The Balaban J connectivity index is 2.51. The molecule has 6 nitrogen and oxygen atoms in total. The highest BCUT2D eigenvalue weighted by molar-refractivity contribution is 6.01. The van der Waals surface area contributed by atoms with Gasteiger partial charge in [0.1, 0.15) is 0 Å². The first-order chi connectivity index (χ1) is 8.08. The average Bonchev–Trinajstić information content (AvgIpc) is 2.26. The molecular formula is C11H18N2O4. The number of nitrogens with one attached hydrogen (secondary N) is 1. The molecule has 1 heterocycles. The van der Waals surface area contributed by atoms with Crippen LogP contribution in [0.25, 0.3) is 0 Å². The molecule has 1 atom stereocenters. The van der Waals surface area contributed by atoms with Crippen LogP contribution in [0.3, 0.4) is 0 Å². The first-order valence-electron chi connectivity index (χ1n) is 5.81. The Morgan fingerprint density at radius 2 is 2.18 bits per heavy atom. The van der Waals surface area contributed by atoms with Crippen LogP contribution in [0.4, 0.5) is 0 Å². The van der Waals surface area contributed by atoms with Gasteiger partial charge in [0.05, 0.1) is 25.6 Å². The van der Waals surface area contributed by atoms with E-state index >= 15 is 0 Å². The second-order valence-electron chi connectivity index (χ2n) is 3.86. The topological polar surface area (TPSA) is 75.7 Å². The first-order valence-corrected chi connectivity index (χ1v) is 5.81. The number of piperazine rings is 1. The molecule has 0 saturated carbocycles. The lowest BCUT2D eigenvalue weighted by Gasteiger charge is -2.32. The largest absolute Gasteiger partial charge is 0.466 e. The number of amides is 2. The van der Waals surface area contributed by atoms with Crippen LogP contribution in [-0.2, 0) is 19.1 Å². The lowest BCUT2D eigenvalue weighted by atomic mass is 10.1. The van der Waals surface area contributed by atoms with Gasteiger partial charge in [-0.05, 0) is 13.3 Å². The molecule has 1 N–H and O–H groups in total. The summed E-state index contributed by atoms with van der Waals surface area (Å²) in [5.74, 6) is -0.906. The molecule has 0 aromatic carbocycles. The van der Waals surface area contributed by atoms with Crippen LogP contribution in [0.1, 0.15) is 26.7 Å². The van der Waals surface area contributed by atoms with E-state index in [1.165, 1.54) is 0 Å². The lowest BCUT2D eigenvalue weighted by Crippen LogP contribution is -2.58. The molecule has 0 aliphatic carbocycles. The normalized spacial score (nSPS) is 21.2. The minimum atomic E-state index is -0.331. The van der Waals surface area contributed by atoms with Crippen LogP contribution in [0, 0.1) is 0 Å². The highest BCUT2D eigenvalue weighted by Crippen LogP contribution is 2.09. The Hall–Kier alpha value is -1.43. The fourth-order valence-electron chi connectivity index (χ4n) is 1.87.